The highest BCUT2D eigenvalue weighted by atomic mass is 19.4. The van der Waals surface area contributed by atoms with Crippen LogP contribution < -0.4 is 10.2 Å². The molecule has 0 unspecified atom stereocenters. The summed E-state index contributed by atoms with van der Waals surface area (Å²) in [5, 5.41) is 9.84. The van der Waals surface area contributed by atoms with Crippen LogP contribution in [-0.2, 0) is 13.2 Å². The molecule has 3 rings (SSSR count). The zero-order chi connectivity index (χ0) is 19.8. The predicted octanol–water partition coefficient (Wildman–Crippen LogP) is 2.55. The van der Waals surface area contributed by atoms with Crippen molar-refractivity contribution in [2.45, 2.75) is 38.9 Å². The number of piperidine rings is 1. The van der Waals surface area contributed by atoms with Crippen LogP contribution in [0.4, 0.5) is 19.1 Å². The Morgan fingerprint density at radius 1 is 1.44 bits per heavy atom. The Labute approximate surface area is 153 Å². The van der Waals surface area contributed by atoms with Gasteiger partial charge in [-0.15, -0.1) is 0 Å². The first-order chi connectivity index (χ1) is 12.6. The summed E-state index contributed by atoms with van der Waals surface area (Å²) in [6.45, 7) is 5.43. The molecule has 8 nitrogen and oxygen atoms in total. The van der Waals surface area contributed by atoms with Gasteiger partial charge in [0.15, 0.2) is 5.69 Å². The van der Waals surface area contributed by atoms with Crippen molar-refractivity contribution in [2.75, 3.05) is 18.0 Å². The lowest BCUT2D eigenvalue weighted by atomic mass is 10.0. The molecule has 0 spiro atoms. The molecule has 148 valence electrons. The summed E-state index contributed by atoms with van der Waals surface area (Å²) >= 11 is 0. The zero-order valence-electron chi connectivity index (χ0n) is 15.2. The Morgan fingerprint density at radius 2 is 2.19 bits per heavy atom. The minimum atomic E-state index is -4.62. The molecule has 2 aromatic rings. The number of halogens is 3. The lowest BCUT2D eigenvalue weighted by molar-refractivity contribution is -0.141. The number of nitrogens with zero attached hydrogens (tertiary/aromatic N) is 5. The van der Waals surface area contributed by atoms with Crippen molar-refractivity contribution in [1.82, 2.24) is 25.2 Å². The molecule has 1 saturated heterocycles. The molecule has 0 saturated carbocycles. The lowest BCUT2D eigenvalue weighted by Crippen LogP contribution is -2.35. The summed E-state index contributed by atoms with van der Waals surface area (Å²) in [6.07, 6.45) is -2.42. The first-order valence-corrected chi connectivity index (χ1v) is 8.65. The van der Waals surface area contributed by atoms with Gasteiger partial charge in [0.05, 0.1) is 0 Å². The molecule has 2 aromatic heterocycles. The van der Waals surface area contributed by atoms with Gasteiger partial charge in [-0.1, -0.05) is 6.92 Å². The summed E-state index contributed by atoms with van der Waals surface area (Å²) in [7, 11) is 1.27. The normalized spacial score (nSPS) is 19.2. The average Bonchev–Trinajstić information content (AvgIpc) is 3.21. The van der Waals surface area contributed by atoms with Crippen molar-refractivity contribution in [1.29, 1.82) is 0 Å². The van der Waals surface area contributed by atoms with Gasteiger partial charge in [-0.3, -0.25) is 9.48 Å². The van der Waals surface area contributed by atoms with Crippen LogP contribution in [-0.4, -0.2) is 38.9 Å². The van der Waals surface area contributed by atoms with Gasteiger partial charge in [0.1, 0.15) is 11.7 Å². The van der Waals surface area contributed by atoms with Crippen LogP contribution >= 0.6 is 0 Å². The number of rotatable bonds is 4. The molecule has 0 aromatic carbocycles. The van der Waals surface area contributed by atoms with E-state index in [4.69, 9.17) is 4.52 Å². The minimum Gasteiger partial charge on any atom is -0.339 e. The van der Waals surface area contributed by atoms with Gasteiger partial charge >= 0.3 is 6.18 Å². The second-order valence-corrected chi connectivity index (χ2v) is 6.86. The number of hydrogen-bond acceptors (Lipinski definition) is 6. The molecular formula is C16H21F3N6O2. The number of carbonyl (C=O) groups is 1. The summed E-state index contributed by atoms with van der Waals surface area (Å²) in [5.74, 6) is 0.470. The second-order valence-electron chi connectivity index (χ2n) is 6.86. The van der Waals surface area contributed by atoms with Crippen molar-refractivity contribution in [3.8, 4) is 0 Å². The number of alkyl halides is 3. The van der Waals surface area contributed by atoms with Gasteiger partial charge in [-0.2, -0.15) is 23.3 Å². The molecule has 1 amide bonds. The number of aromatic nitrogens is 4. The fourth-order valence-corrected chi connectivity index (χ4v) is 3.05. The molecule has 0 bridgehead atoms. The molecule has 1 fully saturated rings. The first-order valence-electron chi connectivity index (χ1n) is 8.65. The van der Waals surface area contributed by atoms with E-state index < -0.39 is 23.8 Å². The van der Waals surface area contributed by atoms with Crippen LogP contribution in [0, 0.1) is 5.92 Å². The predicted molar refractivity (Wildman–Crippen MR) is 89.0 cm³/mol. The highest BCUT2D eigenvalue weighted by molar-refractivity contribution is 5.92. The monoisotopic (exact) mass is 386 g/mol. The quantitative estimate of drug-likeness (QED) is 0.869. The lowest BCUT2D eigenvalue weighted by Gasteiger charge is -2.29. The summed E-state index contributed by atoms with van der Waals surface area (Å²) in [6, 6.07) is 0.0429. The Morgan fingerprint density at radius 3 is 2.81 bits per heavy atom. The molecule has 0 radical (unpaired) electrons. The number of anilines is 1. The van der Waals surface area contributed by atoms with Gasteiger partial charge in [-0.25, -0.2) is 0 Å². The fraction of sp³-hybridized carbons (Fsp3) is 0.625. The van der Waals surface area contributed by atoms with E-state index in [0.29, 0.717) is 17.9 Å². The molecular weight excluding hydrogens is 365 g/mol. The molecule has 1 aliphatic rings. The van der Waals surface area contributed by atoms with Gasteiger partial charge in [0.25, 0.3) is 17.7 Å². The van der Waals surface area contributed by atoms with Crippen molar-refractivity contribution >= 4 is 11.9 Å². The van der Waals surface area contributed by atoms with Gasteiger partial charge < -0.3 is 14.7 Å². The SMILES string of the molecule is C[C@H]1CCCN(c2noc([C@@H](C)NC(=O)c3cc(C(F)(F)F)nn3C)n2)C1. The molecule has 27 heavy (non-hydrogen) atoms. The van der Waals surface area contributed by atoms with Crippen LogP contribution in [0.1, 0.15) is 54.8 Å². The number of hydrogen-bond donors (Lipinski definition) is 1. The van der Waals surface area contributed by atoms with E-state index in [2.05, 4.69) is 27.5 Å². The number of aryl methyl sites for hydroxylation is 1. The van der Waals surface area contributed by atoms with Crippen molar-refractivity contribution in [3.63, 3.8) is 0 Å². The Kier molecular flexibility index (Phi) is 5.11. The molecule has 2 atom stereocenters. The average molecular weight is 386 g/mol. The van der Waals surface area contributed by atoms with Crippen LogP contribution in [0.5, 0.6) is 0 Å². The van der Waals surface area contributed by atoms with Gasteiger partial charge in [0, 0.05) is 26.2 Å². The zero-order valence-corrected chi connectivity index (χ0v) is 15.2. The van der Waals surface area contributed by atoms with Crippen molar-refractivity contribution in [2.24, 2.45) is 13.0 Å². The minimum absolute atomic E-state index is 0.190. The van der Waals surface area contributed by atoms with Crippen LogP contribution in [0.15, 0.2) is 10.6 Å². The Bertz CT molecular complexity index is 815. The van der Waals surface area contributed by atoms with E-state index >= 15 is 0 Å². The third-order valence-electron chi connectivity index (χ3n) is 4.49. The third-order valence-corrected chi connectivity index (χ3v) is 4.49. The van der Waals surface area contributed by atoms with E-state index in [-0.39, 0.29) is 11.6 Å². The van der Waals surface area contributed by atoms with Crippen molar-refractivity contribution < 1.29 is 22.5 Å². The fourth-order valence-electron chi connectivity index (χ4n) is 3.05. The standard InChI is InChI=1S/C16H21F3N6O2/c1-9-5-4-6-25(8-9)15-21-14(27-23-15)10(2)20-13(26)11-7-12(16(17,18)19)22-24(11)3/h7,9-10H,4-6,8H2,1-3H3,(H,20,26)/t9-,10+/m0/s1. The van der Waals surface area contributed by atoms with Gasteiger partial charge in [0.2, 0.25) is 0 Å². The van der Waals surface area contributed by atoms with Crippen molar-refractivity contribution in [3.05, 3.63) is 23.3 Å². The Balaban J connectivity index is 1.68. The molecule has 11 heteroatoms. The third kappa shape index (κ3) is 4.22. The summed E-state index contributed by atoms with van der Waals surface area (Å²) < 4.78 is 44.3. The smallest absolute Gasteiger partial charge is 0.339 e. The largest absolute Gasteiger partial charge is 0.435 e. The van der Waals surface area contributed by atoms with Crippen LogP contribution in [0.25, 0.3) is 0 Å². The molecule has 3 heterocycles. The van der Waals surface area contributed by atoms with E-state index in [1.807, 2.05) is 4.90 Å². The highest BCUT2D eigenvalue weighted by Gasteiger charge is 2.35. The number of amides is 1. The first kappa shape index (κ1) is 19.2. The second kappa shape index (κ2) is 7.20. The maximum Gasteiger partial charge on any atom is 0.435 e. The van der Waals surface area contributed by atoms with Crippen LogP contribution in [0.3, 0.4) is 0 Å². The topological polar surface area (TPSA) is 89.1 Å². The van der Waals surface area contributed by atoms with Crippen LogP contribution in [0.2, 0.25) is 0 Å². The maximum atomic E-state index is 12.7. The summed E-state index contributed by atoms with van der Waals surface area (Å²) in [4.78, 5) is 18.6. The molecule has 1 N–H and O–H groups in total. The van der Waals surface area contributed by atoms with E-state index in [1.165, 1.54) is 7.05 Å². The number of nitrogens with one attached hydrogen (secondary N) is 1. The van der Waals surface area contributed by atoms with E-state index in [1.54, 1.807) is 6.92 Å². The Hall–Kier alpha value is -2.59. The molecule has 1 aliphatic heterocycles. The summed E-state index contributed by atoms with van der Waals surface area (Å²) in [5.41, 5.74) is -1.33. The van der Waals surface area contributed by atoms with E-state index in [0.717, 1.165) is 30.6 Å². The van der Waals surface area contributed by atoms with E-state index in [9.17, 15) is 18.0 Å². The number of carbonyl (C=O) groups excluding carboxylic acids is 1. The maximum absolute atomic E-state index is 12.7. The molecule has 0 aliphatic carbocycles. The highest BCUT2D eigenvalue weighted by Crippen LogP contribution is 2.28. The van der Waals surface area contributed by atoms with Gasteiger partial charge in [-0.05, 0) is 30.8 Å².